The highest BCUT2D eigenvalue weighted by Gasteiger charge is 2.61. The third kappa shape index (κ3) is 2.82. The number of rotatable bonds is 3. The lowest BCUT2D eigenvalue weighted by atomic mass is 9.66. The van der Waals surface area contributed by atoms with Gasteiger partial charge in [0, 0.05) is 36.8 Å². The van der Waals surface area contributed by atoms with Crippen molar-refractivity contribution in [2.24, 2.45) is 5.41 Å². The topological polar surface area (TPSA) is 95.8 Å². The molecule has 2 fully saturated rings. The first kappa shape index (κ1) is 19.8. The van der Waals surface area contributed by atoms with Gasteiger partial charge in [-0.15, -0.1) is 0 Å². The van der Waals surface area contributed by atoms with Crippen LogP contribution in [0.3, 0.4) is 0 Å². The van der Waals surface area contributed by atoms with Gasteiger partial charge in [0.15, 0.2) is 10.5 Å². The molecule has 9 heteroatoms. The van der Waals surface area contributed by atoms with E-state index in [-0.39, 0.29) is 41.1 Å². The van der Waals surface area contributed by atoms with Crippen LogP contribution in [0.15, 0.2) is 18.2 Å². The smallest absolute Gasteiger partial charge is 0.269 e. The van der Waals surface area contributed by atoms with E-state index in [1.54, 1.807) is 6.07 Å². The monoisotopic (exact) mass is 416 g/mol. The fourth-order valence-electron chi connectivity index (χ4n) is 4.96. The van der Waals surface area contributed by atoms with Gasteiger partial charge in [0.25, 0.3) is 5.69 Å². The van der Waals surface area contributed by atoms with E-state index in [1.807, 2.05) is 13.8 Å². The maximum Gasteiger partial charge on any atom is 0.269 e. The lowest BCUT2D eigenvalue weighted by molar-refractivity contribution is -0.384. The highest BCUT2D eigenvalue weighted by Crippen LogP contribution is 2.48. The van der Waals surface area contributed by atoms with Crippen molar-refractivity contribution in [3.63, 3.8) is 0 Å². The summed E-state index contributed by atoms with van der Waals surface area (Å²) in [6, 6.07) is 4.32. The first-order chi connectivity index (χ1) is 13.8. The number of nitrogens with zero attached hydrogens (tertiary/aromatic N) is 3. The number of hydrogen-bond donors (Lipinski definition) is 1. The number of non-ortho nitro benzene ring substituents is 1. The number of nitro groups is 1. The van der Waals surface area contributed by atoms with Crippen molar-refractivity contribution in [2.75, 3.05) is 11.4 Å². The standard InChI is InChI=1S/C20H24N4O4S/c1-3-12(2)23-18(26)20(17(25)21-19(23)29)11-13-10-14(24(27)28)7-8-15(13)22-9-5-4-6-16(20)22/h7-8,10,12,16H,3-6,9,11H2,1-2H3,(H,21,25,29)/t12-,16-,20+/m0/s1. The molecule has 0 aromatic heterocycles. The summed E-state index contributed by atoms with van der Waals surface area (Å²) in [5, 5.41) is 14.2. The molecule has 2 amide bonds. The minimum Gasteiger partial charge on any atom is -0.367 e. The van der Waals surface area contributed by atoms with Crippen LogP contribution in [0.4, 0.5) is 11.4 Å². The van der Waals surface area contributed by atoms with Crippen LogP contribution in [0.25, 0.3) is 0 Å². The molecule has 3 aliphatic heterocycles. The first-order valence-electron chi connectivity index (χ1n) is 10.0. The molecule has 8 nitrogen and oxygen atoms in total. The third-order valence-electron chi connectivity index (χ3n) is 6.60. The molecule has 3 atom stereocenters. The number of nitrogens with one attached hydrogen (secondary N) is 1. The van der Waals surface area contributed by atoms with Crippen molar-refractivity contribution in [1.29, 1.82) is 0 Å². The lowest BCUT2D eigenvalue weighted by Crippen LogP contribution is -2.73. The van der Waals surface area contributed by atoms with Crippen LogP contribution in [0.2, 0.25) is 0 Å². The van der Waals surface area contributed by atoms with Crippen molar-refractivity contribution in [1.82, 2.24) is 10.2 Å². The minimum absolute atomic E-state index is 0.0349. The molecule has 3 heterocycles. The SMILES string of the molecule is CC[C@H](C)N1C(=O)[C@@]2(Cc3cc([N+](=O)[O-])ccc3N3CCCC[C@H]32)C(=O)NC1=S. The summed E-state index contributed by atoms with van der Waals surface area (Å²) in [6.45, 7) is 4.59. The number of benzene rings is 1. The average molecular weight is 417 g/mol. The van der Waals surface area contributed by atoms with E-state index < -0.39 is 10.3 Å². The number of anilines is 1. The van der Waals surface area contributed by atoms with Crippen LogP contribution in [0.5, 0.6) is 0 Å². The molecule has 29 heavy (non-hydrogen) atoms. The Morgan fingerprint density at radius 3 is 2.83 bits per heavy atom. The summed E-state index contributed by atoms with van der Waals surface area (Å²) < 4.78 is 0. The second-order valence-corrected chi connectivity index (χ2v) is 8.50. The van der Waals surface area contributed by atoms with Crippen molar-refractivity contribution >= 4 is 40.5 Å². The van der Waals surface area contributed by atoms with Crippen LogP contribution < -0.4 is 10.2 Å². The van der Waals surface area contributed by atoms with Crippen LogP contribution in [-0.2, 0) is 16.0 Å². The molecule has 0 unspecified atom stereocenters. The minimum atomic E-state index is -1.33. The van der Waals surface area contributed by atoms with Crippen LogP contribution in [0.1, 0.15) is 45.1 Å². The molecule has 3 aliphatic rings. The largest absolute Gasteiger partial charge is 0.367 e. The van der Waals surface area contributed by atoms with Gasteiger partial charge in [-0.25, -0.2) is 0 Å². The molecule has 4 rings (SSSR count). The van der Waals surface area contributed by atoms with Gasteiger partial charge >= 0.3 is 0 Å². The van der Waals surface area contributed by atoms with Gasteiger partial charge in [-0.05, 0) is 56.5 Å². The number of piperidine rings is 1. The highest BCUT2D eigenvalue weighted by molar-refractivity contribution is 7.80. The van der Waals surface area contributed by atoms with Crippen LogP contribution in [-0.4, -0.2) is 45.4 Å². The first-order valence-corrected chi connectivity index (χ1v) is 10.4. The summed E-state index contributed by atoms with van der Waals surface area (Å²) in [5.41, 5.74) is 0.189. The van der Waals surface area contributed by atoms with Crippen molar-refractivity contribution in [2.45, 2.75) is 58.0 Å². The second kappa shape index (κ2) is 7.05. The third-order valence-corrected chi connectivity index (χ3v) is 6.90. The molecule has 1 aromatic rings. The average Bonchev–Trinajstić information content (AvgIpc) is 2.71. The van der Waals surface area contributed by atoms with E-state index in [0.717, 1.165) is 24.9 Å². The molecule has 1 N–H and O–H groups in total. The number of carbonyl (C=O) groups excluding carboxylic acids is 2. The Hall–Kier alpha value is -2.55. The maximum atomic E-state index is 13.8. The van der Waals surface area contributed by atoms with Gasteiger partial charge < -0.3 is 10.2 Å². The Balaban J connectivity index is 1.88. The van der Waals surface area contributed by atoms with Crippen molar-refractivity contribution in [3.05, 3.63) is 33.9 Å². The number of nitro benzene ring substituents is 1. The maximum absolute atomic E-state index is 13.8. The molecular weight excluding hydrogens is 392 g/mol. The van der Waals surface area contributed by atoms with Gasteiger partial charge in [-0.3, -0.25) is 24.6 Å². The number of hydrogen-bond acceptors (Lipinski definition) is 6. The quantitative estimate of drug-likeness (QED) is 0.352. The Bertz CT molecular complexity index is 920. The number of thiocarbonyl (C=S) groups is 1. The van der Waals surface area contributed by atoms with E-state index in [1.165, 1.54) is 17.0 Å². The second-order valence-electron chi connectivity index (χ2n) is 8.11. The normalized spacial score (nSPS) is 27.4. The molecule has 0 aliphatic carbocycles. The molecule has 1 aromatic carbocycles. The zero-order valence-corrected chi connectivity index (χ0v) is 17.3. The summed E-state index contributed by atoms with van der Waals surface area (Å²) in [6.07, 6.45) is 3.45. The number of carbonyl (C=O) groups is 2. The van der Waals surface area contributed by atoms with Gasteiger partial charge in [-0.1, -0.05) is 6.92 Å². The number of amides is 2. The molecule has 2 saturated heterocycles. The van der Waals surface area contributed by atoms with Crippen molar-refractivity contribution in [3.8, 4) is 0 Å². The predicted molar refractivity (Wildman–Crippen MR) is 112 cm³/mol. The van der Waals surface area contributed by atoms with Gasteiger partial charge in [0.2, 0.25) is 11.8 Å². The highest BCUT2D eigenvalue weighted by atomic mass is 32.1. The van der Waals surface area contributed by atoms with Gasteiger partial charge in [0.1, 0.15) is 0 Å². The summed E-state index contributed by atoms with van der Waals surface area (Å²) in [5.74, 6) is -0.671. The molecular formula is C20H24N4O4S. The molecule has 0 radical (unpaired) electrons. The summed E-state index contributed by atoms with van der Waals surface area (Å²) in [4.78, 5) is 41.7. The zero-order valence-electron chi connectivity index (χ0n) is 16.5. The molecule has 0 saturated carbocycles. The Labute approximate surface area is 174 Å². The number of fused-ring (bicyclic) bond motifs is 4. The van der Waals surface area contributed by atoms with E-state index >= 15 is 0 Å². The Kier molecular flexibility index (Phi) is 4.80. The summed E-state index contributed by atoms with van der Waals surface area (Å²) >= 11 is 5.33. The van der Waals surface area contributed by atoms with Gasteiger partial charge in [0.05, 0.1) is 11.0 Å². The molecule has 1 spiro atoms. The Morgan fingerprint density at radius 2 is 2.14 bits per heavy atom. The zero-order chi connectivity index (χ0) is 20.9. The van der Waals surface area contributed by atoms with Crippen LogP contribution in [0, 0.1) is 15.5 Å². The fourth-order valence-corrected chi connectivity index (χ4v) is 5.32. The van der Waals surface area contributed by atoms with Crippen LogP contribution >= 0.6 is 12.2 Å². The molecule has 154 valence electrons. The Morgan fingerprint density at radius 1 is 1.38 bits per heavy atom. The predicted octanol–water partition coefficient (Wildman–Crippen LogP) is 2.54. The lowest BCUT2D eigenvalue weighted by Gasteiger charge is -2.54. The van der Waals surface area contributed by atoms with E-state index in [0.29, 0.717) is 18.5 Å². The molecule has 0 bridgehead atoms. The summed E-state index contributed by atoms with van der Waals surface area (Å²) in [7, 11) is 0. The van der Waals surface area contributed by atoms with E-state index in [2.05, 4.69) is 10.2 Å². The fraction of sp³-hybridized carbons (Fsp3) is 0.550. The van der Waals surface area contributed by atoms with E-state index in [4.69, 9.17) is 12.2 Å². The van der Waals surface area contributed by atoms with Gasteiger partial charge in [-0.2, -0.15) is 0 Å². The van der Waals surface area contributed by atoms with Crippen molar-refractivity contribution < 1.29 is 14.5 Å². The van der Waals surface area contributed by atoms with E-state index in [9.17, 15) is 19.7 Å².